The van der Waals surface area contributed by atoms with E-state index in [0.717, 1.165) is 12.8 Å². The average molecular weight is 293 g/mol. The molecule has 0 saturated heterocycles. The third-order valence-corrected chi connectivity index (χ3v) is 3.36. The maximum Gasteiger partial charge on any atom is 0.191 e. The van der Waals surface area contributed by atoms with Crippen LogP contribution in [0.25, 0.3) is 0 Å². The Morgan fingerprint density at radius 2 is 2.05 bits per heavy atom. The summed E-state index contributed by atoms with van der Waals surface area (Å²) in [6, 6.07) is 4.86. The van der Waals surface area contributed by atoms with E-state index in [2.05, 4.69) is 10.4 Å². The van der Waals surface area contributed by atoms with Crippen LogP contribution in [0.4, 0.5) is 8.78 Å². The fourth-order valence-corrected chi connectivity index (χ4v) is 2.09. The first-order valence-corrected chi connectivity index (χ1v) is 6.94. The molecule has 21 heavy (non-hydrogen) atoms. The van der Waals surface area contributed by atoms with Gasteiger partial charge in [-0.15, -0.1) is 0 Å². The van der Waals surface area contributed by atoms with Gasteiger partial charge in [-0.1, -0.05) is 0 Å². The van der Waals surface area contributed by atoms with Crippen molar-refractivity contribution in [2.24, 2.45) is 7.05 Å². The number of benzene rings is 1. The fourth-order valence-electron chi connectivity index (χ4n) is 2.09. The maximum absolute atomic E-state index is 13.9. The molecule has 1 heterocycles. The van der Waals surface area contributed by atoms with Crippen LogP contribution in [-0.4, -0.2) is 15.8 Å². The molecule has 0 radical (unpaired) electrons. The molecule has 0 amide bonds. The first-order chi connectivity index (χ1) is 10.1. The van der Waals surface area contributed by atoms with Crippen LogP contribution in [0.3, 0.4) is 0 Å². The number of hydrogen-bond acceptors (Lipinski definition) is 3. The molecule has 0 unspecified atom stereocenters. The Morgan fingerprint density at radius 1 is 1.33 bits per heavy atom. The van der Waals surface area contributed by atoms with Gasteiger partial charge < -0.3 is 10.1 Å². The molecule has 0 spiro atoms. The highest BCUT2D eigenvalue weighted by atomic mass is 19.1. The largest absolute Gasteiger partial charge is 0.481 e. The van der Waals surface area contributed by atoms with Crippen LogP contribution in [0.1, 0.15) is 24.1 Å². The zero-order valence-electron chi connectivity index (χ0n) is 11.8. The number of aromatic nitrogens is 2. The predicted octanol–water partition coefficient (Wildman–Crippen LogP) is 2.53. The third kappa shape index (κ3) is 3.58. The molecule has 1 aliphatic carbocycles. The minimum Gasteiger partial charge on any atom is -0.481 e. The minimum absolute atomic E-state index is 0.0361. The van der Waals surface area contributed by atoms with Gasteiger partial charge in [0.05, 0.1) is 5.69 Å². The zero-order valence-corrected chi connectivity index (χ0v) is 11.8. The van der Waals surface area contributed by atoms with Gasteiger partial charge in [-0.3, -0.25) is 4.68 Å². The van der Waals surface area contributed by atoms with Gasteiger partial charge >= 0.3 is 0 Å². The second-order valence-electron chi connectivity index (χ2n) is 5.31. The highest BCUT2D eigenvalue weighted by Gasteiger charge is 2.21. The van der Waals surface area contributed by atoms with Gasteiger partial charge in [0, 0.05) is 25.8 Å². The standard InChI is InChI=1S/C15H17F2N3O/c1-20-5-4-12(19-20)9-21-15-13(16)6-10(7-14(15)17)8-18-11-2-3-11/h4-7,11,18H,2-3,8-9H2,1H3. The van der Waals surface area contributed by atoms with Gasteiger partial charge in [0.15, 0.2) is 17.4 Å². The van der Waals surface area contributed by atoms with Crippen molar-refractivity contribution in [2.45, 2.75) is 32.0 Å². The van der Waals surface area contributed by atoms with Gasteiger partial charge in [0.2, 0.25) is 0 Å². The molecule has 0 aliphatic heterocycles. The summed E-state index contributed by atoms with van der Waals surface area (Å²) < 4.78 is 34.7. The fraction of sp³-hybridized carbons (Fsp3) is 0.400. The van der Waals surface area contributed by atoms with E-state index in [1.807, 2.05) is 0 Å². The molecule has 0 atom stereocenters. The van der Waals surface area contributed by atoms with Crippen molar-refractivity contribution in [1.29, 1.82) is 0 Å². The van der Waals surface area contributed by atoms with Crippen LogP contribution >= 0.6 is 0 Å². The number of halogens is 2. The monoisotopic (exact) mass is 293 g/mol. The molecule has 0 bridgehead atoms. The summed E-state index contributed by atoms with van der Waals surface area (Å²) >= 11 is 0. The van der Waals surface area contributed by atoms with E-state index in [1.54, 1.807) is 24.0 Å². The van der Waals surface area contributed by atoms with Crippen molar-refractivity contribution in [3.05, 3.63) is 47.3 Å². The smallest absolute Gasteiger partial charge is 0.191 e. The van der Waals surface area contributed by atoms with E-state index < -0.39 is 11.6 Å². The van der Waals surface area contributed by atoms with E-state index in [1.165, 1.54) is 12.1 Å². The number of rotatable bonds is 6. The molecule has 1 aliphatic rings. The van der Waals surface area contributed by atoms with E-state index in [-0.39, 0.29) is 12.4 Å². The highest BCUT2D eigenvalue weighted by Crippen LogP contribution is 2.25. The lowest BCUT2D eigenvalue weighted by molar-refractivity contribution is 0.269. The van der Waals surface area contributed by atoms with Crippen molar-refractivity contribution in [2.75, 3.05) is 0 Å². The van der Waals surface area contributed by atoms with Gasteiger partial charge in [0.25, 0.3) is 0 Å². The van der Waals surface area contributed by atoms with Crippen LogP contribution in [0.2, 0.25) is 0 Å². The molecule has 2 aromatic rings. The van der Waals surface area contributed by atoms with Crippen molar-refractivity contribution in [3.63, 3.8) is 0 Å². The first kappa shape index (κ1) is 14.0. The third-order valence-electron chi connectivity index (χ3n) is 3.36. The van der Waals surface area contributed by atoms with Crippen LogP contribution < -0.4 is 10.1 Å². The summed E-state index contributed by atoms with van der Waals surface area (Å²) in [5.41, 5.74) is 1.21. The predicted molar refractivity (Wildman–Crippen MR) is 73.8 cm³/mol. The maximum atomic E-state index is 13.9. The quantitative estimate of drug-likeness (QED) is 0.889. The number of nitrogens with zero attached hydrogens (tertiary/aromatic N) is 2. The summed E-state index contributed by atoms with van der Waals surface area (Å²) in [7, 11) is 1.77. The minimum atomic E-state index is -0.682. The topological polar surface area (TPSA) is 39.1 Å². The first-order valence-electron chi connectivity index (χ1n) is 6.94. The molecule has 1 N–H and O–H groups in total. The Labute approximate surface area is 121 Å². The number of ether oxygens (including phenoxy) is 1. The lowest BCUT2D eigenvalue weighted by atomic mass is 10.2. The van der Waals surface area contributed by atoms with Crippen molar-refractivity contribution in [3.8, 4) is 5.75 Å². The summed E-state index contributed by atoms with van der Waals surface area (Å²) in [6.07, 6.45) is 4.02. The van der Waals surface area contributed by atoms with E-state index in [9.17, 15) is 8.78 Å². The number of aryl methyl sites for hydroxylation is 1. The molecule has 1 fully saturated rings. The molecule has 4 nitrogen and oxygen atoms in total. The van der Waals surface area contributed by atoms with E-state index >= 15 is 0 Å². The van der Waals surface area contributed by atoms with Crippen LogP contribution in [-0.2, 0) is 20.2 Å². The lowest BCUT2D eigenvalue weighted by Crippen LogP contribution is -2.15. The van der Waals surface area contributed by atoms with Gasteiger partial charge in [-0.25, -0.2) is 8.78 Å². The van der Waals surface area contributed by atoms with Crippen molar-refractivity contribution >= 4 is 0 Å². The molecule has 1 aromatic carbocycles. The van der Waals surface area contributed by atoms with Crippen molar-refractivity contribution in [1.82, 2.24) is 15.1 Å². The molecule has 3 rings (SSSR count). The average Bonchev–Trinajstić information content (AvgIpc) is 3.17. The Kier molecular flexibility index (Phi) is 3.88. The van der Waals surface area contributed by atoms with Crippen molar-refractivity contribution < 1.29 is 13.5 Å². The molecule has 1 saturated carbocycles. The molecular weight excluding hydrogens is 276 g/mol. The summed E-state index contributed by atoms with van der Waals surface area (Å²) in [4.78, 5) is 0. The van der Waals surface area contributed by atoms with E-state index in [0.29, 0.717) is 23.8 Å². The molecule has 1 aromatic heterocycles. The summed E-state index contributed by atoms with van der Waals surface area (Å²) in [5, 5.41) is 7.32. The summed E-state index contributed by atoms with van der Waals surface area (Å²) in [6.45, 7) is 0.507. The van der Waals surface area contributed by atoms with Crippen LogP contribution in [0.15, 0.2) is 24.4 Å². The Balaban J connectivity index is 1.66. The summed E-state index contributed by atoms with van der Waals surface area (Å²) in [5.74, 6) is -1.71. The normalized spacial score (nSPS) is 14.4. The molecule has 6 heteroatoms. The van der Waals surface area contributed by atoms with Crippen LogP contribution in [0, 0.1) is 11.6 Å². The van der Waals surface area contributed by atoms with Gasteiger partial charge in [-0.05, 0) is 36.6 Å². The number of nitrogens with one attached hydrogen (secondary N) is 1. The van der Waals surface area contributed by atoms with E-state index in [4.69, 9.17) is 4.74 Å². The molecular formula is C15H17F2N3O. The Morgan fingerprint density at radius 3 is 2.62 bits per heavy atom. The van der Waals surface area contributed by atoms with Crippen LogP contribution in [0.5, 0.6) is 5.75 Å². The second-order valence-corrected chi connectivity index (χ2v) is 5.31. The highest BCUT2D eigenvalue weighted by molar-refractivity contribution is 5.31. The Bertz CT molecular complexity index is 615. The zero-order chi connectivity index (χ0) is 14.8. The number of hydrogen-bond donors (Lipinski definition) is 1. The SMILES string of the molecule is Cn1ccc(COc2c(F)cc(CNC3CC3)cc2F)n1. The Hall–Kier alpha value is -1.95. The van der Waals surface area contributed by atoms with Gasteiger partial charge in [-0.2, -0.15) is 5.10 Å². The lowest BCUT2D eigenvalue weighted by Gasteiger charge is -2.10. The molecule has 112 valence electrons. The van der Waals surface area contributed by atoms with Gasteiger partial charge in [0.1, 0.15) is 6.61 Å². The second kappa shape index (κ2) is 5.81.